The van der Waals surface area contributed by atoms with Crippen LogP contribution in [0.3, 0.4) is 0 Å². The molecule has 1 amide bonds. The van der Waals surface area contributed by atoms with Gasteiger partial charge in [0.05, 0.1) is 23.3 Å². The molecule has 2 aromatic carbocycles. The number of aromatic nitrogens is 1. The zero-order chi connectivity index (χ0) is 22.2. The predicted molar refractivity (Wildman–Crippen MR) is 121 cm³/mol. The Balaban J connectivity index is 1.67. The first kappa shape index (κ1) is 22.3. The van der Waals surface area contributed by atoms with Crippen molar-refractivity contribution in [2.45, 2.75) is 18.9 Å². The first-order valence-corrected chi connectivity index (χ1v) is 11.2. The summed E-state index contributed by atoms with van der Waals surface area (Å²) >= 11 is -1.26. The molecule has 1 aromatic heterocycles. The fourth-order valence-corrected chi connectivity index (χ4v) is 3.55. The Kier molecular flexibility index (Phi) is 7.64. The van der Waals surface area contributed by atoms with E-state index in [0.29, 0.717) is 17.8 Å². The lowest BCUT2D eigenvalue weighted by Gasteiger charge is -2.17. The zero-order valence-corrected chi connectivity index (χ0v) is 17.8. The van der Waals surface area contributed by atoms with Crippen molar-refractivity contribution in [2.24, 2.45) is 0 Å². The number of nitrogens with zero attached hydrogens (tertiary/aromatic N) is 1. The highest BCUT2D eigenvalue weighted by Crippen LogP contribution is 2.20. The number of pyridine rings is 1. The quantitative estimate of drug-likeness (QED) is 0.443. The van der Waals surface area contributed by atoms with E-state index in [4.69, 9.17) is 0 Å². The average Bonchev–Trinajstić information content (AvgIpc) is 2.74. The number of carbonyl (C=O) groups excluding carboxylic acids is 1. The molecule has 0 aliphatic heterocycles. The molecule has 1 heterocycles. The summed E-state index contributed by atoms with van der Waals surface area (Å²) in [7, 11) is 0. The van der Waals surface area contributed by atoms with Gasteiger partial charge in [0.15, 0.2) is 5.82 Å². The minimum atomic E-state index is -1.26. The second-order valence-corrected chi connectivity index (χ2v) is 8.14. The number of aliphatic carboxylic acids is 1. The van der Waals surface area contributed by atoms with E-state index in [2.05, 4.69) is 15.0 Å². The van der Waals surface area contributed by atoms with E-state index in [1.54, 1.807) is 12.1 Å². The van der Waals surface area contributed by atoms with Gasteiger partial charge in [-0.3, -0.25) is 9.59 Å². The summed E-state index contributed by atoms with van der Waals surface area (Å²) in [6, 6.07) is 20.3. The number of nitrogens with one attached hydrogen (secondary N) is 2. The van der Waals surface area contributed by atoms with Crippen molar-refractivity contribution in [1.29, 1.82) is 0 Å². The van der Waals surface area contributed by atoms with Crippen LogP contribution in [0.1, 0.15) is 22.3 Å². The molecule has 0 aliphatic carbocycles. The van der Waals surface area contributed by atoms with Gasteiger partial charge < -0.3 is 15.0 Å². The third kappa shape index (κ3) is 6.84. The van der Waals surface area contributed by atoms with Crippen LogP contribution in [0.25, 0.3) is 11.1 Å². The summed E-state index contributed by atoms with van der Waals surface area (Å²) in [4.78, 5) is 27.9. The Labute approximate surface area is 183 Å². The van der Waals surface area contributed by atoms with Crippen LogP contribution in [0.15, 0.2) is 72.9 Å². The lowest BCUT2D eigenvalue weighted by atomic mass is 9.99. The van der Waals surface area contributed by atoms with Gasteiger partial charge in [0.2, 0.25) is 0 Å². The molecule has 8 heteroatoms. The second kappa shape index (κ2) is 10.6. The van der Waals surface area contributed by atoms with Gasteiger partial charge >= 0.3 is 5.97 Å². The average molecular weight is 438 g/mol. The van der Waals surface area contributed by atoms with E-state index in [9.17, 15) is 19.2 Å². The topological polar surface area (TPSA) is 114 Å². The van der Waals surface area contributed by atoms with Gasteiger partial charge in [-0.05, 0) is 35.2 Å². The van der Waals surface area contributed by atoms with Crippen molar-refractivity contribution in [3.8, 4) is 11.1 Å². The fraction of sp³-hybridized carbons (Fsp3) is 0.174. The summed E-state index contributed by atoms with van der Waals surface area (Å²) in [6.45, 7) is 0. The number of amides is 1. The summed E-state index contributed by atoms with van der Waals surface area (Å²) in [5.74, 6) is -1.02. The van der Waals surface area contributed by atoms with Crippen molar-refractivity contribution in [2.75, 3.05) is 11.0 Å². The lowest BCUT2D eigenvalue weighted by Crippen LogP contribution is -2.38. The second-order valence-electron chi connectivity index (χ2n) is 7.02. The van der Waals surface area contributed by atoms with Crippen LogP contribution in [0.5, 0.6) is 0 Å². The normalized spacial score (nSPS) is 12.6. The van der Waals surface area contributed by atoms with Gasteiger partial charge in [0.25, 0.3) is 5.91 Å². The van der Waals surface area contributed by atoms with Crippen LogP contribution in [-0.4, -0.2) is 38.8 Å². The Bertz CT molecular complexity index is 1010. The Morgan fingerprint density at radius 2 is 1.71 bits per heavy atom. The van der Waals surface area contributed by atoms with Gasteiger partial charge in [0.1, 0.15) is 6.26 Å². The maximum absolute atomic E-state index is 12.6. The molecule has 0 saturated heterocycles. The summed E-state index contributed by atoms with van der Waals surface area (Å²) in [5.41, 5.74) is 3.38. The predicted octanol–water partition coefficient (Wildman–Crippen LogP) is 3.27. The highest BCUT2D eigenvalue weighted by atomic mass is 32.2. The standard InChI is InChI=1S/C23H23N3O4S/c1-31(30)26-21-12-11-19(15-24-21)23(29)25-20(14-22(27)28)13-16-7-9-18(10-8-16)17-5-3-2-4-6-17/h2-12,15,20H,13-14H2,1H3,(H,24,26)(H,25,29)(H,27,28)/t20-,31?/m1/s1. The van der Waals surface area contributed by atoms with E-state index in [-0.39, 0.29) is 6.42 Å². The third-order valence-electron chi connectivity index (χ3n) is 4.57. The first-order chi connectivity index (χ1) is 14.9. The number of carboxylic acid groups (broad SMARTS) is 1. The van der Waals surface area contributed by atoms with Gasteiger partial charge in [0, 0.05) is 12.2 Å². The molecule has 1 unspecified atom stereocenters. The van der Waals surface area contributed by atoms with E-state index in [0.717, 1.165) is 16.7 Å². The van der Waals surface area contributed by atoms with Gasteiger partial charge in [-0.15, -0.1) is 0 Å². The van der Waals surface area contributed by atoms with Gasteiger partial charge in [-0.1, -0.05) is 54.6 Å². The fourth-order valence-electron chi connectivity index (χ4n) is 3.14. The van der Waals surface area contributed by atoms with Crippen LogP contribution in [-0.2, 0) is 22.6 Å². The van der Waals surface area contributed by atoms with Crippen molar-refractivity contribution in [1.82, 2.24) is 10.3 Å². The minimum Gasteiger partial charge on any atom is -0.593 e. The molecule has 0 bridgehead atoms. The van der Waals surface area contributed by atoms with E-state index >= 15 is 0 Å². The van der Waals surface area contributed by atoms with E-state index in [1.165, 1.54) is 12.5 Å². The van der Waals surface area contributed by atoms with Crippen LogP contribution < -0.4 is 10.0 Å². The number of carbonyl (C=O) groups is 2. The van der Waals surface area contributed by atoms with Crippen LogP contribution in [0, 0.1) is 0 Å². The van der Waals surface area contributed by atoms with Crippen molar-refractivity contribution >= 4 is 29.1 Å². The summed E-state index contributed by atoms with van der Waals surface area (Å²) in [6.07, 6.45) is 3.02. The van der Waals surface area contributed by atoms with Crippen LogP contribution >= 0.6 is 0 Å². The van der Waals surface area contributed by atoms with Crippen molar-refractivity contribution in [3.63, 3.8) is 0 Å². The van der Waals surface area contributed by atoms with Crippen LogP contribution in [0.2, 0.25) is 0 Å². The molecule has 3 aromatic rings. The summed E-state index contributed by atoms with van der Waals surface area (Å²) < 4.78 is 13.8. The molecule has 7 nitrogen and oxygen atoms in total. The van der Waals surface area contributed by atoms with Crippen molar-refractivity contribution < 1.29 is 19.2 Å². The number of rotatable bonds is 9. The first-order valence-electron chi connectivity index (χ1n) is 9.64. The Hall–Kier alpha value is -3.36. The molecular formula is C23H23N3O4S. The monoisotopic (exact) mass is 437 g/mol. The molecule has 2 atom stereocenters. The Morgan fingerprint density at radius 1 is 1.03 bits per heavy atom. The highest BCUT2D eigenvalue weighted by Gasteiger charge is 2.18. The molecular weight excluding hydrogens is 414 g/mol. The molecule has 3 N–H and O–H groups in total. The number of hydrogen-bond donors (Lipinski definition) is 3. The third-order valence-corrected chi connectivity index (χ3v) is 5.07. The molecule has 160 valence electrons. The largest absolute Gasteiger partial charge is 0.593 e. The molecule has 0 spiro atoms. The van der Waals surface area contributed by atoms with E-state index in [1.807, 2.05) is 54.6 Å². The molecule has 0 saturated carbocycles. The number of hydrogen-bond acceptors (Lipinski definition) is 5. The highest BCUT2D eigenvalue weighted by molar-refractivity contribution is 7.92. The van der Waals surface area contributed by atoms with E-state index < -0.39 is 29.3 Å². The molecule has 0 aliphatic rings. The smallest absolute Gasteiger partial charge is 0.305 e. The zero-order valence-electron chi connectivity index (χ0n) is 16.9. The van der Waals surface area contributed by atoms with Crippen molar-refractivity contribution in [3.05, 3.63) is 84.1 Å². The van der Waals surface area contributed by atoms with Crippen LogP contribution in [0.4, 0.5) is 5.82 Å². The number of benzene rings is 2. The maximum Gasteiger partial charge on any atom is 0.305 e. The maximum atomic E-state index is 12.6. The minimum absolute atomic E-state index is 0.200. The molecule has 3 rings (SSSR count). The number of anilines is 1. The summed E-state index contributed by atoms with van der Waals surface area (Å²) in [5, 5.41) is 12.0. The lowest BCUT2D eigenvalue weighted by molar-refractivity contribution is -0.137. The molecule has 0 fully saturated rings. The Morgan fingerprint density at radius 3 is 2.29 bits per heavy atom. The molecule has 0 radical (unpaired) electrons. The number of carboxylic acids is 1. The molecule has 31 heavy (non-hydrogen) atoms. The van der Waals surface area contributed by atoms with Gasteiger partial charge in [-0.25, -0.2) is 4.98 Å². The van der Waals surface area contributed by atoms with Gasteiger partial charge in [-0.2, -0.15) is 4.72 Å². The SMILES string of the molecule is C[S+]([O-])Nc1ccc(C(=O)N[C@@H](CC(=O)O)Cc2ccc(-c3ccccc3)cc2)cn1.